The number of benzene rings is 1. The zero-order valence-corrected chi connectivity index (χ0v) is 8.44. The number of nitrogens with two attached hydrogens (primary N) is 1. The molecule has 0 amide bonds. The first-order chi connectivity index (χ1) is 6.76. The average molecular weight is 195 g/mol. The third kappa shape index (κ3) is 5.35. The molecular formula is C11H17NO2. The monoisotopic (exact) mass is 195 g/mol. The Morgan fingerprint density at radius 2 is 2.07 bits per heavy atom. The number of allylic oxidation sites excluding steroid dienone is 1. The topological polar surface area (TPSA) is 55.5 Å². The van der Waals surface area contributed by atoms with Crippen LogP contribution in [0.15, 0.2) is 36.9 Å². The number of phenolic OH excluding ortho intramolecular Hbond substituents is 1. The molecule has 0 atom stereocenters. The molecule has 0 aromatic heterocycles. The zero-order valence-electron chi connectivity index (χ0n) is 8.44. The third-order valence-electron chi connectivity index (χ3n) is 1.52. The van der Waals surface area contributed by atoms with Gasteiger partial charge in [0.1, 0.15) is 5.75 Å². The van der Waals surface area contributed by atoms with Crippen LogP contribution in [0.25, 0.3) is 0 Å². The summed E-state index contributed by atoms with van der Waals surface area (Å²) in [7, 11) is 0. The van der Waals surface area contributed by atoms with Gasteiger partial charge in [0.05, 0.1) is 6.61 Å². The van der Waals surface area contributed by atoms with Crippen LogP contribution in [0.2, 0.25) is 0 Å². The van der Waals surface area contributed by atoms with E-state index < -0.39 is 0 Å². The van der Waals surface area contributed by atoms with Crippen LogP contribution in [0.3, 0.4) is 0 Å². The van der Waals surface area contributed by atoms with Crippen LogP contribution in [-0.2, 0) is 11.3 Å². The van der Waals surface area contributed by atoms with Gasteiger partial charge in [-0.25, -0.2) is 5.90 Å². The first kappa shape index (κ1) is 12.7. The average Bonchev–Trinajstić information content (AvgIpc) is 2.22. The van der Waals surface area contributed by atoms with Gasteiger partial charge in [-0.3, -0.25) is 0 Å². The van der Waals surface area contributed by atoms with Crippen LogP contribution < -0.4 is 5.90 Å². The summed E-state index contributed by atoms with van der Waals surface area (Å²) in [5.41, 5.74) is 0.928. The largest absolute Gasteiger partial charge is 0.508 e. The molecule has 0 aliphatic heterocycles. The summed E-state index contributed by atoms with van der Waals surface area (Å²) in [6.07, 6.45) is 2.50. The lowest BCUT2D eigenvalue weighted by molar-refractivity contribution is 0.152. The molecule has 0 fully saturated rings. The molecule has 3 N–H and O–H groups in total. The summed E-state index contributed by atoms with van der Waals surface area (Å²) in [5, 5.41) is 9.19. The van der Waals surface area contributed by atoms with Crippen LogP contribution >= 0.6 is 0 Å². The molecule has 0 radical (unpaired) electrons. The molecule has 0 saturated carbocycles. The first-order valence-electron chi connectivity index (χ1n) is 4.45. The number of hydrogen-bond donors (Lipinski definition) is 2. The summed E-state index contributed by atoms with van der Waals surface area (Å²) >= 11 is 0. The molecule has 1 rings (SSSR count). The molecule has 0 saturated heterocycles. The smallest absolute Gasteiger partial charge is 0.119 e. The number of para-hydroxylation sites is 1. The highest BCUT2D eigenvalue weighted by Gasteiger charge is 1.93. The van der Waals surface area contributed by atoms with Crippen LogP contribution in [-0.4, -0.2) is 11.7 Å². The highest BCUT2D eigenvalue weighted by atomic mass is 16.6. The van der Waals surface area contributed by atoms with Crippen molar-refractivity contribution in [3.05, 3.63) is 42.5 Å². The molecule has 0 bridgehead atoms. The van der Waals surface area contributed by atoms with Gasteiger partial charge in [0, 0.05) is 0 Å². The molecule has 0 aliphatic carbocycles. The maximum absolute atomic E-state index is 9.19. The second kappa shape index (κ2) is 8.29. The molecule has 0 spiro atoms. The molecule has 78 valence electrons. The van der Waals surface area contributed by atoms with E-state index in [1.165, 1.54) is 0 Å². The molecule has 1 aromatic rings. The normalized spacial score (nSPS) is 8.71. The predicted octanol–water partition coefficient (Wildman–Crippen LogP) is 2.02. The lowest BCUT2D eigenvalue weighted by Crippen LogP contribution is -1.94. The van der Waals surface area contributed by atoms with E-state index >= 15 is 0 Å². The van der Waals surface area contributed by atoms with E-state index in [2.05, 4.69) is 17.3 Å². The summed E-state index contributed by atoms with van der Waals surface area (Å²) < 4.78 is 0. The Hall–Kier alpha value is -1.32. The SMILES string of the molecule is C=CCc1ccccc1O.CCON. The van der Waals surface area contributed by atoms with E-state index in [4.69, 9.17) is 0 Å². The van der Waals surface area contributed by atoms with Gasteiger partial charge in [-0.05, 0) is 25.0 Å². The van der Waals surface area contributed by atoms with Crippen LogP contribution in [0.4, 0.5) is 0 Å². The fourth-order valence-corrected chi connectivity index (χ4v) is 0.839. The Bertz CT molecular complexity index is 259. The van der Waals surface area contributed by atoms with E-state index in [0.29, 0.717) is 12.4 Å². The molecule has 1 aromatic carbocycles. The van der Waals surface area contributed by atoms with Crippen LogP contribution in [0, 0.1) is 0 Å². The van der Waals surface area contributed by atoms with E-state index in [9.17, 15) is 5.11 Å². The van der Waals surface area contributed by atoms with Crippen molar-refractivity contribution in [1.82, 2.24) is 0 Å². The van der Waals surface area contributed by atoms with Gasteiger partial charge in [0.2, 0.25) is 0 Å². The number of rotatable bonds is 3. The summed E-state index contributed by atoms with van der Waals surface area (Å²) in [6, 6.07) is 7.27. The minimum Gasteiger partial charge on any atom is -0.508 e. The van der Waals surface area contributed by atoms with Gasteiger partial charge in [-0.15, -0.1) is 6.58 Å². The Morgan fingerprint density at radius 3 is 2.50 bits per heavy atom. The Balaban J connectivity index is 0.000000364. The van der Waals surface area contributed by atoms with Gasteiger partial charge < -0.3 is 9.94 Å². The summed E-state index contributed by atoms with van der Waals surface area (Å²) in [4.78, 5) is 4.04. The van der Waals surface area contributed by atoms with E-state index in [1.54, 1.807) is 12.1 Å². The third-order valence-corrected chi connectivity index (χ3v) is 1.52. The molecule has 3 heteroatoms. The fourth-order valence-electron chi connectivity index (χ4n) is 0.839. The van der Waals surface area contributed by atoms with Crippen molar-refractivity contribution >= 4 is 0 Å². The van der Waals surface area contributed by atoms with Crippen LogP contribution in [0.1, 0.15) is 12.5 Å². The van der Waals surface area contributed by atoms with Crippen molar-refractivity contribution in [3.8, 4) is 5.75 Å². The molecular weight excluding hydrogens is 178 g/mol. The number of phenols is 1. The summed E-state index contributed by atoms with van der Waals surface area (Å²) in [6.45, 7) is 6.02. The number of hydrogen-bond acceptors (Lipinski definition) is 3. The van der Waals surface area contributed by atoms with Gasteiger partial charge in [0.25, 0.3) is 0 Å². The Morgan fingerprint density at radius 1 is 1.50 bits per heavy atom. The Kier molecular flexibility index (Phi) is 7.50. The first-order valence-corrected chi connectivity index (χ1v) is 4.45. The molecule has 0 unspecified atom stereocenters. The Labute approximate surface area is 84.8 Å². The minimum atomic E-state index is 0.349. The van der Waals surface area contributed by atoms with Crippen molar-refractivity contribution in [2.45, 2.75) is 13.3 Å². The van der Waals surface area contributed by atoms with Crippen molar-refractivity contribution in [2.75, 3.05) is 6.61 Å². The molecule has 0 heterocycles. The highest BCUT2D eigenvalue weighted by Crippen LogP contribution is 2.15. The molecule has 0 aliphatic rings. The molecule has 3 nitrogen and oxygen atoms in total. The standard InChI is InChI=1S/C9H10O.C2H7NO/c1-2-5-8-6-3-4-7-9(8)10;1-2-4-3/h2-4,6-7,10H,1,5H2;2-3H2,1H3. The lowest BCUT2D eigenvalue weighted by atomic mass is 10.1. The van der Waals surface area contributed by atoms with Crippen LogP contribution in [0.5, 0.6) is 5.75 Å². The van der Waals surface area contributed by atoms with Gasteiger partial charge in [-0.2, -0.15) is 0 Å². The van der Waals surface area contributed by atoms with Gasteiger partial charge >= 0.3 is 0 Å². The molecule has 14 heavy (non-hydrogen) atoms. The van der Waals surface area contributed by atoms with Crippen molar-refractivity contribution < 1.29 is 9.94 Å². The minimum absolute atomic E-state index is 0.349. The lowest BCUT2D eigenvalue weighted by Gasteiger charge is -1.97. The number of aromatic hydroxyl groups is 1. The van der Waals surface area contributed by atoms with Gasteiger partial charge in [0.15, 0.2) is 0 Å². The zero-order chi connectivity index (χ0) is 10.8. The maximum Gasteiger partial charge on any atom is 0.119 e. The predicted molar refractivity (Wildman–Crippen MR) is 57.8 cm³/mol. The van der Waals surface area contributed by atoms with E-state index in [0.717, 1.165) is 12.0 Å². The van der Waals surface area contributed by atoms with Crippen molar-refractivity contribution in [2.24, 2.45) is 5.90 Å². The van der Waals surface area contributed by atoms with E-state index in [1.807, 2.05) is 25.1 Å². The quantitative estimate of drug-likeness (QED) is 0.573. The maximum atomic E-state index is 9.19. The fraction of sp³-hybridized carbons (Fsp3) is 0.273. The van der Waals surface area contributed by atoms with Gasteiger partial charge in [-0.1, -0.05) is 24.3 Å². The van der Waals surface area contributed by atoms with E-state index in [-0.39, 0.29) is 0 Å². The summed E-state index contributed by atoms with van der Waals surface area (Å²) in [5.74, 6) is 4.88. The highest BCUT2D eigenvalue weighted by molar-refractivity contribution is 5.32. The second-order valence-corrected chi connectivity index (χ2v) is 2.58. The second-order valence-electron chi connectivity index (χ2n) is 2.58. The van der Waals surface area contributed by atoms with Crippen molar-refractivity contribution in [3.63, 3.8) is 0 Å². The van der Waals surface area contributed by atoms with Crippen molar-refractivity contribution in [1.29, 1.82) is 0 Å².